The second kappa shape index (κ2) is 11.8. The number of aromatic nitrogens is 4. The molecule has 0 spiro atoms. The minimum Gasteiger partial charge on any atom is -0.410 e. The fourth-order valence-electron chi connectivity index (χ4n) is 3.57. The Bertz CT molecular complexity index is 1520. The number of hydrogen-bond acceptors (Lipinski definition) is 14. The Morgan fingerprint density at radius 1 is 1.10 bits per heavy atom. The fraction of sp³-hybridized carbons (Fsp3) is 0.294. The van der Waals surface area contributed by atoms with E-state index in [9.17, 15) is 28.8 Å². The molecule has 3 aromatic rings. The molecular formula is C17H21N6O13P3S. The molecule has 19 nitrogen and oxygen atoms in total. The number of ether oxygens (including phenoxy) is 2. The lowest BCUT2D eigenvalue weighted by molar-refractivity contribution is -0.0431. The van der Waals surface area contributed by atoms with Crippen LogP contribution >= 0.6 is 22.4 Å². The summed E-state index contributed by atoms with van der Waals surface area (Å²) in [5, 5.41) is 13.4. The number of amides is 1. The number of carbonyl (C=O) groups is 1. The molecule has 8 N–H and O–H groups in total. The summed E-state index contributed by atoms with van der Waals surface area (Å²) >= 11 is 4.03. The molecule has 2 unspecified atom stereocenters. The van der Waals surface area contributed by atoms with Gasteiger partial charge in [-0.25, -0.2) is 33.2 Å². The van der Waals surface area contributed by atoms with Crippen LogP contribution in [0.3, 0.4) is 0 Å². The number of phosphoric acid groups is 2. The van der Waals surface area contributed by atoms with Gasteiger partial charge in [0, 0.05) is 0 Å². The lowest BCUT2D eigenvalue weighted by Crippen LogP contribution is -2.47. The molecule has 218 valence electrons. The molecule has 0 radical (unpaired) electrons. The van der Waals surface area contributed by atoms with Gasteiger partial charge in [0.1, 0.15) is 35.8 Å². The van der Waals surface area contributed by atoms with E-state index in [-0.39, 0.29) is 22.7 Å². The topological polar surface area (TPSA) is 280 Å². The zero-order chi connectivity index (χ0) is 29.3. The minimum atomic E-state index is -5.57. The molecule has 3 heterocycles. The first-order valence-corrected chi connectivity index (χ1v) is 16.3. The summed E-state index contributed by atoms with van der Waals surface area (Å²) in [4.78, 5) is 61.9. The Kier molecular flexibility index (Phi) is 9.03. The molecule has 1 amide bonds. The van der Waals surface area contributed by atoms with E-state index < -0.39 is 59.5 Å². The van der Waals surface area contributed by atoms with Crippen LogP contribution in [-0.2, 0) is 38.8 Å². The summed E-state index contributed by atoms with van der Waals surface area (Å²) < 4.78 is 48.7. The van der Waals surface area contributed by atoms with Crippen LogP contribution in [0.4, 0.5) is 10.6 Å². The molecule has 2 aromatic heterocycles. The van der Waals surface area contributed by atoms with Crippen LogP contribution in [0.2, 0.25) is 0 Å². The Morgan fingerprint density at radius 2 is 1.80 bits per heavy atom. The van der Waals surface area contributed by atoms with Gasteiger partial charge in [-0.05, 0) is 23.9 Å². The molecule has 0 saturated carbocycles. The standard InChI is InChI=1S/C17H21N6O13P3S/c18-14-12-15(20-7-19-14)23(8-21-12)16-11(22-17(25)33-9-4-2-1-3-5-9)13(24)10(34-16)6-32-37(26,27)35-38(28,29)36-39(30,31)40/h1-5,7-8,10-11,13,16,24H,6H2,(H,22,25)(H,26,27)(H,28,29)(H2,18,19,20)(H2,30,31,40)/t10-,11-,13-,16-/m1/s1. The highest BCUT2D eigenvalue weighted by molar-refractivity contribution is 8.08. The smallest absolute Gasteiger partial charge is 0.410 e. The highest BCUT2D eigenvalue weighted by atomic mass is 32.5. The molecule has 0 aliphatic carbocycles. The third-order valence-electron chi connectivity index (χ3n) is 5.09. The van der Waals surface area contributed by atoms with E-state index in [0.717, 1.165) is 6.33 Å². The summed E-state index contributed by atoms with van der Waals surface area (Å²) in [6.45, 7) is -5.72. The van der Waals surface area contributed by atoms with E-state index in [1.165, 1.54) is 23.0 Å². The number of aliphatic hydroxyl groups excluding tert-OH is 1. The van der Waals surface area contributed by atoms with Gasteiger partial charge in [0.15, 0.2) is 17.7 Å². The zero-order valence-corrected chi connectivity index (χ0v) is 23.2. The number of nitrogens with one attached hydrogen (secondary N) is 1. The average molecular weight is 642 g/mol. The van der Waals surface area contributed by atoms with Crippen molar-refractivity contribution in [2.75, 3.05) is 12.3 Å². The van der Waals surface area contributed by atoms with Gasteiger partial charge in [0.2, 0.25) is 0 Å². The van der Waals surface area contributed by atoms with Crippen molar-refractivity contribution in [2.45, 2.75) is 24.5 Å². The summed E-state index contributed by atoms with van der Waals surface area (Å²) in [7, 11) is -11.0. The molecule has 4 rings (SSSR count). The number of nitrogens with zero attached hydrogens (tertiary/aromatic N) is 4. The normalized spacial score (nSPS) is 24.3. The lowest BCUT2D eigenvalue weighted by Gasteiger charge is -2.22. The Hall–Kier alpha value is -2.41. The van der Waals surface area contributed by atoms with Crippen LogP contribution < -0.4 is 15.8 Å². The van der Waals surface area contributed by atoms with Crippen LogP contribution in [0.25, 0.3) is 11.2 Å². The van der Waals surface area contributed by atoms with Gasteiger partial charge in [0.25, 0.3) is 0 Å². The molecule has 1 saturated heterocycles. The fourth-order valence-corrected chi connectivity index (χ4v) is 7.35. The van der Waals surface area contributed by atoms with Gasteiger partial charge < -0.3 is 45.2 Å². The third-order valence-corrected chi connectivity index (χ3v) is 9.49. The summed E-state index contributed by atoms with van der Waals surface area (Å²) in [5.74, 6) is 0.212. The molecular weight excluding hydrogens is 621 g/mol. The number of nitrogens with two attached hydrogens (primary N) is 1. The van der Waals surface area contributed by atoms with E-state index in [1.807, 2.05) is 0 Å². The zero-order valence-electron chi connectivity index (χ0n) is 19.7. The Morgan fingerprint density at radius 3 is 2.48 bits per heavy atom. The van der Waals surface area contributed by atoms with Gasteiger partial charge in [-0.15, -0.1) is 0 Å². The molecule has 1 fully saturated rings. The average Bonchev–Trinajstić information content (AvgIpc) is 3.38. The SMILES string of the molecule is Nc1ncnc2c1ncn2[C@@H]1O[C@H](COP(=O)(O)OP(=O)(O)OP(O)(O)=S)[C@@H](O)[C@H]1NC(=O)Oc1ccccc1. The number of phosphoric ester groups is 1. The molecule has 40 heavy (non-hydrogen) atoms. The minimum absolute atomic E-state index is 0.0282. The number of nitrogen functional groups attached to an aromatic ring is 1. The first-order chi connectivity index (χ1) is 18.6. The van der Waals surface area contributed by atoms with Crippen molar-refractivity contribution >= 4 is 57.2 Å². The summed E-state index contributed by atoms with van der Waals surface area (Å²) in [6, 6.07) is 6.65. The molecule has 1 aromatic carbocycles. The predicted molar refractivity (Wildman–Crippen MR) is 136 cm³/mol. The van der Waals surface area contributed by atoms with Gasteiger partial charge in [-0.1, -0.05) is 18.2 Å². The van der Waals surface area contributed by atoms with Crippen molar-refractivity contribution < 1.29 is 61.2 Å². The maximum Gasteiger partial charge on any atom is 0.488 e. The number of fused-ring (bicyclic) bond motifs is 1. The van der Waals surface area contributed by atoms with E-state index in [1.54, 1.807) is 18.2 Å². The number of benzene rings is 1. The van der Waals surface area contributed by atoms with Crippen molar-refractivity contribution in [2.24, 2.45) is 0 Å². The van der Waals surface area contributed by atoms with Gasteiger partial charge in [0.05, 0.1) is 12.9 Å². The first-order valence-electron chi connectivity index (χ1n) is 10.7. The van der Waals surface area contributed by atoms with Crippen molar-refractivity contribution in [3.8, 4) is 5.75 Å². The summed E-state index contributed by atoms with van der Waals surface area (Å²) in [5.41, 5.74) is 6.14. The maximum absolute atomic E-state index is 12.6. The van der Waals surface area contributed by atoms with E-state index in [2.05, 4.69) is 45.2 Å². The van der Waals surface area contributed by atoms with Gasteiger partial charge in [-0.3, -0.25) is 9.09 Å². The van der Waals surface area contributed by atoms with E-state index in [4.69, 9.17) is 25.0 Å². The molecule has 0 bridgehead atoms. The quantitative estimate of drug-likeness (QED) is 0.146. The van der Waals surface area contributed by atoms with E-state index in [0.29, 0.717) is 0 Å². The first kappa shape index (κ1) is 30.5. The number of anilines is 1. The highest BCUT2D eigenvalue weighted by Gasteiger charge is 2.48. The molecule has 6 atom stereocenters. The lowest BCUT2D eigenvalue weighted by atomic mass is 10.1. The highest BCUT2D eigenvalue weighted by Crippen LogP contribution is 2.66. The number of hydrogen-bond donors (Lipinski definition) is 7. The van der Waals surface area contributed by atoms with Crippen molar-refractivity contribution in [1.82, 2.24) is 24.8 Å². The number of imidazole rings is 1. The van der Waals surface area contributed by atoms with Crippen molar-refractivity contribution in [3.63, 3.8) is 0 Å². The van der Waals surface area contributed by atoms with Crippen LogP contribution in [0, 0.1) is 0 Å². The Balaban J connectivity index is 1.54. The number of carbonyl (C=O) groups excluding carboxylic acids is 1. The van der Waals surface area contributed by atoms with Crippen molar-refractivity contribution in [3.05, 3.63) is 43.0 Å². The Labute approximate surface area is 229 Å². The number of para-hydroxylation sites is 1. The van der Waals surface area contributed by atoms with Gasteiger partial charge in [-0.2, -0.15) is 4.31 Å². The summed E-state index contributed by atoms with van der Waals surface area (Å²) in [6.07, 6.45) is -3.02. The molecule has 1 aliphatic heterocycles. The maximum atomic E-state index is 12.6. The molecule has 1 aliphatic rings. The monoisotopic (exact) mass is 642 g/mol. The van der Waals surface area contributed by atoms with Crippen LogP contribution in [0.1, 0.15) is 6.23 Å². The van der Waals surface area contributed by atoms with Crippen LogP contribution in [0.5, 0.6) is 5.75 Å². The second-order valence-electron chi connectivity index (χ2n) is 7.90. The second-order valence-corrected chi connectivity index (χ2v) is 13.7. The van der Waals surface area contributed by atoms with E-state index >= 15 is 0 Å². The molecule has 23 heteroatoms. The number of rotatable bonds is 10. The number of aliphatic hydroxyl groups is 1. The third kappa shape index (κ3) is 7.65. The largest absolute Gasteiger partial charge is 0.488 e. The van der Waals surface area contributed by atoms with Crippen LogP contribution in [0.15, 0.2) is 43.0 Å². The van der Waals surface area contributed by atoms with Crippen molar-refractivity contribution in [1.29, 1.82) is 0 Å². The predicted octanol–water partition coefficient (Wildman–Crippen LogP) is 0.284. The van der Waals surface area contributed by atoms with Crippen LogP contribution in [-0.4, -0.2) is 75.1 Å². The van der Waals surface area contributed by atoms with Gasteiger partial charge >= 0.3 is 28.5 Å².